The molecule has 1 aliphatic heterocycles. The first kappa shape index (κ1) is 39.1. The number of rotatable bonds is 11. The van der Waals surface area contributed by atoms with E-state index in [9.17, 15) is 44.7 Å². The number of amides is 2. The number of phenolic OH excluding ortho intramolecular Hbond substituents is 2. The lowest BCUT2D eigenvalue weighted by Crippen LogP contribution is -2.64. The van der Waals surface area contributed by atoms with Gasteiger partial charge in [0, 0.05) is 17.7 Å². The molecule has 7 N–H and O–H groups in total. The van der Waals surface area contributed by atoms with Crippen LogP contribution in [0.2, 0.25) is 0 Å². The van der Waals surface area contributed by atoms with E-state index in [1.54, 1.807) is 65.0 Å². The maximum absolute atomic E-state index is 13.5. The molecule has 1 aliphatic rings. The molecule has 51 heavy (non-hydrogen) atoms. The van der Waals surface area contributed by atoms with Crippen LogP contribution >= 0.6 is 0 Å². The number of esters is 1. The lowest BCUT2D eigenvalue weighted by molar-refractivity contribution is -0.267. The topological polar surface area (TPSA) is 234 Å². The van der Waals surface area contributed by atoms with E-state index in [0.717, 1.165) is 12.1 Å². The summed E-state index contributed by atoms with van der Waals surface area (Å²) in [6.45, 7) is 12.1. The summed E-state index contributed by atoms with van der Waals surface area (Å²) in [7, 11) is 0. The molecule has 15 nitrogen and oxygen atoms in total. The quantitative estimate of drug-likeness (QED) is 0.111. The zero-order valence-corrected chi connectivity index (χ0v) is 29.4. The van der Waals surface area contributed by atoms with Crippen molar-refractivity contribution in [2.45, 2.75) is 103 Å². The van der Waals surface area contributed by atoms with Crippen LogP contribution in [0, 0.1) is 11.8 Å². The molecule has 1 fully saturated rings. The van der Waals surface area contributed by atoms with Gasteiger partial charge in [-0.15, -0.1) is 0 Å². The van der Waals surface area contributed by atoms with E-state index in [1.165, 1.54) is 0 Å². The second-order valence-electron chi connectivity index (χ2n) is 14.3. The van der Waals surface area contributed by atoms with Crippen LogP contribution in [0.3, 0.4) is 0 Å². The number of phenols is 2. The Morgan fingerprint density at radius 1 is 0.902 bits per heavy atom. The van der Waals surface area contributed by atoms with Gasteiger partial charge in [0.1, 0.15) is 52.7 Å². The number of ether oxygens (including phenoxy) is 3. The van der Waals surface area contributed by atoms with Gasteiger partial charge in [-0.05, 0) is 39.0 Å². The Bertz CT molecular complexity index is 1780. The fourth-order valence-electron chi connectivity index (χ4n) is 5.48. The van der Waals surface area contributed by atoms with Crippen molar-refractivity contribution in [3.05, 3.63) is 52.7 Å². The molecular formula is C36H46N2O13. The Balaban J connectivity index is 1.57. The van der Waals surface area contributed by atoms with Crippen molar-refractivity contribution in [3.63, 3.8) is 0 Å². The zero-order chi connectivity index (χ0) is 37.9. The molecule has 2 heterocycles. The van der Waals surface area contributed by atoms with Gasteiger partial charge in [0.15, 0.2) is 23.0 Å². The number of hydrogen-bond donors (Lipinski definition) is 7. The minimum Gasteiger partial charge on any atom is -0.504 e. The van der Waals surface area contributed by atoms with Crippen LogP contribution < -0.4 is 20.8 Å². The number of hydrogen-bond acceptors (Lipinski definition) is 13. The Kier molecular flexibility index (Phi) is 12.0. The zero-order valence-electron chi connectivity index (χ0n) is 29.4. The van der Waals surface area contributed by atoms with Crippen LogP contribution in [0.25, 0.3) is 22.3 Å². The lowest BCUT2D eigenvalue weighted by atomic mass is 9.96. The number of aliphatic hydroxyl groups is 3. The predicted octanol–water partition coefficient (Wildman–Crippen LogP) is 2.07. The minimum atomic E-state index is -2.02. The summed E-state index contributed by atoms with van der Waals surface area (Å²) in [5.74, 6) is -5.24. The van der Waals surface area contributed by atoms with E-state index in [-0.39, 0.29) is 29.1 Å². The number of aliphatic hydroxyl groups excluding tert-OH is 3. The SMILES string of the molecule is CC(C)C[C@@H](NC(=O)C(NC(=O)C1OC(Oc2cc3oc(-c4ccccc4)cc(=O)c3c(O)c2O)C(O)C(O)C1O)C(C)C)C(=O)OC(C)(C)C. The van der Waals surface area contributed by atoms with E-state index in [2.05, 4.69) is 10.6 Å². The van der Waals surface area contributed by atoms with Gasteiger partial charge in [0.05, 0.1) is 0 Å². The highest BCUT2D eigenvalue weighted by atomic mass is 16.7. The molecule has 1 aromatic heterocycles. The highest BCUT2D eigenvalue weighted by Gasteiger charge is 2.49. The molecule has 15 heteroatoms. The minimum absolute atomic E-state index is 0.00330. The fraction of sp³-hybridized carbons (Fsp3) is 0.500. The van der Waals surface area contributed by atoms with Gasteiger partial charge in [0.2, 0.25) is 17.9 Å². The third kappa shape index (κ3) is 9.16. The predicted molar refractivity (Wildman–Crippen MR) is 183 cm³/mol. The molecule has 0 spiro atoms. The number of carbonyl (C=O) groups is 3. The first-order valence-corrected chi connectivity index (χ1v) is 16.6. The summed E-state index contributed by atoms with van der Waals surface area (Å²) in [5.41, 5.74) is -1.16. The highest BCUT2D eigenvalue weighted by molar-refractivity contribution is 5.92. The fourth-order valence-corrected chi connectivity index (χ4v) is 5.48. The molecule has 2 amide bonds. The molecule has 6 unspecified atom stereocenters. The number of aromatic hydroxyl groups is 2. The van der Waals surface area contributed by atoms with Crippen LogP contribution in [-0.4, -0.2) is 91.7 Å². The van der Waals surface area contributed by atoms with Gasteiger partial charge in [0.25, 0.3) is 5.91 Å². The van der Waals surface area contributed by atoms with Gasteiger partial charge in [-0.1, -0.05) is 58.0 Å². The third-order valence-electron chi connectivity index (χ3n) is 8.02. The molecule has 4 rings (SSSR count). The smallest absolute Gasteiger partial charge is 0.329 e. The summed E-state index contributed by atoms with van der Waals surface area (Å²) in [4.78, 5) is 52.8. The maximum atomic E-state index is 13.5. The standard InChI is InChI=1S/C36H46N2O13/c1-16(2)13-19(34(47)51-36(5,6)7)37-32(45)25(17(3)4)38-33(46)31-29(43)28(42)30(44)35(50-31)49-23-15-22-24(27(41)26(23)40)20(39)14-21(48-22)18-11-9-8-10-12-18/h8-12,14-17,19,25,28-31,35,40-44H,13H2,1-7H3,(H,37,45)(H,38,46)/t19-,25?,28?,29?,30?,31?,35?/m1/s1. The summed E-state index contributed by atoms with van der Waals surface area (Å²) in [5, 5.41) is 58.3. The van der Waals surface area contributed by atoms with Crippen molar-refractivity contribution in [1.29, 1.82) is 0 Å². The average molecular weight is 715 g/mol. The van der Waals surface area contributed by atoms with E-state index in [4.69, 9.17) is 18.6 Å². The van der Waals surface area contributed by atoms with Gasteiger partial charge >= 0.3 is 5.97 Å². The van der Waals surface area contributed by atoms with Crippen molar-refractivity contribution in [1.82, 2.24) is 10.6 Å². The van der Waals surface area contributed by atoms with E-state index in [0.29, 0.717) is 5.56 Å². The Morgan fingerprint density at radius 2 is 1.55 bits per heavy atom. The van der Waals surface area contributed by atoms with Crippen molar-refractivity contribution >= 4 is 28.8 Å². The third-order valence-corrected chi connectivity index (χ3v) is 8.02. The lowest BCUT2D eigenvalue weighted by Gasteiger charge is -2.40. The average Bonchev–Trinajstić information content (AvgIpc) is 3.04. The number of fused-ring (bicyclic) bond motifs is 1. The molecular weight excluding hydrogens is 668 g/mol. The first-order chi connectivity index (χ1) is 23.8. The molecule has 3 aromatic rings. The molecule has 0 aliphatic carbocycles. The van der Waals surface area contributed by atoms with E-state index >= 15 is 0 Å². The van der Waals surface area contributed by atoms with Crippen molar-refractivity contribution in [2.75, 3.05) is 0 Å². The molecule has 1 saturated heterocycles. The maximum Gasteiger partial charge on any atom is 0.329 e. The van der Waals surface area contributed by atoms with E-state index < -0.39 is 94.8 Å². The first-order valence-electron chi connectivity index (χ1n) is 16.6. The van der Waals surface area contributed by atoms with Crippen molar-refractivity contribution in [3.8, 4) is 28.6 Å². The van der Waals surface area contributed by atoms with E-state index in [1.807, 2.05) is 13.8 Å². The van der Waals surface area contributed by atoms with Gasteiger partial charge in [-0.3, -0.25) is 14.4 Å². The molecule has 7 atom stereocenters. The second kappa shape index (κ2) is 15.7. The second-order valence-corrected chi connectivity index (χ2v) is 14.3. The Labute approximate surface area is 294 Å². The van der Waals surface area contributed by atoms with Gasteiger partial charge in [-0.2, -0.15) is 0 Å². The Morgan fingerprint density at radius 3 is 2.14 bits per heavy atom. The summed E-state index contributed by atoms with van der Waals surface area (Å²) >= 11 is 0. The van der Waals surface area contributed by atoms with Crippen molar-refractivity contribution in [2.24, 2.45) is 11.8 Å². The van der Waals surface area contributed by atoms with Crippen LogP contribution in [0.15, 0.2) is 51.7 Å². The molecule has 0 saturated carbocycles. The highest BCUT2D eigenvalue weighted by Crippen LogP contribution is 2.42. The van der Waals surface area contributed by atoms with Gasteiger partial charge < -0.3 is 54.8 Å². The molecule has 0 bridgehead atoms. The Hall–Kier alpha value is -4.70. The van der Waals surface area contributed by atoms with Crippen LogP contribution in [-0.2, 0) is 23.9 Å². The number of benzene rings is 2. The van der Waals surface area contributed by atoms with Gasteiger partial charge in [-0.25, -0.2) is 4.79 Å². The summed E-state index contributed by atoms with van der Waals surface area (Å²) < 4.78 is 22.5. The summed E-state index contributed by atoms with van der Waals surface area (Å²) in [6.07, 6.45) is -9.61. The molecule has 0 radical (unpaired) electrons. The van der Waals surface area contributed by atoms with Crippen LogP contribution in [0.4, 0.5) is 0 Å². The monoisotopic (exact) mass is 714 g/mol. The molecule has 278 valence electrons. The summed E-state index contributed by atoms with van der Waals surface area (Å²) in [6, 6.07) is 8.49. The number of nitrogens with one attached hydrogen (secondary N) is 2. The van der Waals surface area contributed by atoms with Crippen LogP contribution in [0.5, 0.6) is 17.2 Å². The normalized spacial score (nSPS) is 22.0. The van der Waals surface area contributed by atoms with Crippen molar-refractivity contribution < 1.29 is 58.5 Å². The largest absolute Gasteiger partial charge is 0.504 e. The number of carbonyl (C=O) groups excluding carboxylic acids is 3. The molecule has 2 aromatic carbocycles. The van der Waals surface area contributed by atoms with Crippen LogP contribution in [0.1, 0.15) is 54.9 Å².